The molecule has 0 aliphatic heterocycles. The lowest BCUT2D eigenvalue weighted by Crippen LogP contribution is -2.19. The minimum Gasteiger partial charge on any atom is -0.405 e. The van der Waals surface area contributed by atoms with Gasteiger partial charge in [-0.3, -0.25) is 0 Å². The van der Waals surface area contributed by atoms with Crippen LogP contribution in [0.4, 0.5) is 0 Å². The second-order valence-corrected chi connectivity index (χ2v) is 3.82. The summed E-state index contributed by atoms with van der Waals surface area (Å²) < 4.78 is 0. The fraction of sp³-hybridized carbons (Fsp3) is 0.636. The molecular formula is C11H19N. The topological polar surface area (TPSA) is 26.0 Å². The smallest absolute Gasteiger partial charge is 0.00889 e. The van der Waals surface area contributed by atoms with Gasteiger partial charge in [0.15, 0.2) is 0 Å². The molecule has 0 aromatic carbocycles. The number of nitrogens with two attached hydrogens (primary N) is 1. The number of terminal acetylenes is 1. The molecule has 0 aliphatic carbocycles. The van der Waals surface area contributed by atoms with Gasteiger partial charge in [0.25, 0.3) is 0 Å². The molecular weight excluding hydrogens is 146 g/mol. The van der Waals surface area contributed by atoms with E-state index < -0.39 is 0 Å². The first-order valence-electron chi connectivity index (χ1n) is 4.37. The fourth-order valence-electron chi connectivity index (χ4n) is 1.08. The first-order valence-corrected chi connectivity index (χ1v) is 4.37. The molecule has 1 heteroatoms. The molecule has 0 aromatic heterocycles. The van der Waals surface area contributed by atoms with Crippen LogP contribution in [0.3, 0.4) is 0 Å². The summed E-state index contributed by atoms with van der Waals surface area (Å²) in [7, 11) is 0. The highest BCUT2D eigenvalue weighted by atomic mass is 14.5. The highest BCUT2D eigenvalue weighted by molar-refractivity contribution is 4.96. The van der Waals surface area contributed by atoms with Gasteiger partial charge in [-0.05, 0) is 24.0 Å². The van der Waals surface area contributed by atoms with Gasteiger partial charge in [-0.1, -0.05) is 26.8 Å². The summed E-state index contributed by atoms with van der Waals surface area (Å²) in [6.45, 7) is 6.56. The molecule has 0 saturated carbocycles. The van der Waals surface area contributed by atoms with Gasteiger partial charge < -0.3 is 5.73 Å². The molecule has 2 N–H and O–H groups in total. The molecule has 1 atom stereocenters. The molecule has 0 rings (SSSR count). The van der Waals surface area contributed by atoms with Crippen LogP contribution in [-0.2, 0) is 0 Å². The number of hydrogen-bond acceptors (Lipinski definition) is 1. The first kappa shape index (κ1) is 11.1. The van der Waals surface area contributed by atoms with Crippen molar-refractivity contribution in [2.45, 2.75) is 33.6 Å². The summed E-state index contributed by atoms with van der Waals surface area (Å²) in [6.07, 6.45) is 10.8. The van der Waals surface area contributed by atoms with Crippen molar-refractivity contribution in [3.63, 3.8) is 0 Å². The Morgan fingerprint density at radius 1 is 1.58 bits per heavy atom. The molecule has 0 heterocycles. The van der Waals surface area contributed by atoms with Crippen molar-refractivity contribution in [3.8, 4) is 12.3 Å². The van der Waals surface area contributed by atoms with Gasteiger partial charge in [-0.2, -0.15) is 0 Å². The van der Waals surface area contributed by atoms with Crippen LogP contribution in [0.2, 0.25) is 0 Å². The molecule has 12 heavy (non-hydrogen) atoms. The third-order valence-electron chi connectivity index (χ3n) is 2.52. The highest BCUT2D eigenvalue weighted by Gasteiger charge is 2.21. The van der Waals surface area contributed by atoms with Gasteiger partial charge in [0.1, 0.15) is 0 Å². The van der Waals surface area contributed by atoms with E-state index in [0.29, 0.717) is 5.92 Å². The maximum atomic E-state index is 5.36. The Morgan fingerprint density at radius 2 is 2.17 bits per heavy atom. The van der Waals surface area contributed by atoms with Crippen LogP contribution in [0.5, 0.6) is 0 Å². The predicted octanol–water partition coefficient (Wildman–Crippen LogP) is 2.53. The molecule has 1 unspecified atom stereocenters. The molecule has 0 aromatic rings. The van der Waals surface area contributed by atoms with Crippen molar-refractivity contribution < 1.29 is 0 Å². The van der Waals surface area contributed by atoms with Crippen LogP contribution in [0.15, 0.2) is 12.3 Å². The maximum Gasteiger partial charge on any atom is 0.00889 e. The van der Waals surface area contributed by atoms with Crippen molar-refractivity contribution in [1.29, 1.82) is 0 Å². The Morgan fingerprint density at radius 3 is 2.58 bits per heavy atom. The van der Waals surface area contributed by atoms with E-state index in [-0.39, 0.29) is 5.41 Å². The maximum absolute atomic E-state index is 5.36. The summed E-state index contributed by atoms with van der Waals surface area (Å²) in [5.41, 5.74) is 5.52. The van der Waals surface area contributed by atoms with E-state index in [1.54, 1.807) is 6.20 Å². The SMILES string of the molecule is C#CCCC(C)C(C)(C)/C=C\N. The van der Waals surface area contributed by atoms with Crippen LogP contribution < -0.4 is 5.73 Å². The zero-order valence-corrected chi connectivity index (χ0v) is 8.30. The van der Waals surface area contributed by atoms with Crippen LogP contribution in [0.25, 0.3) is 0 Å². The van der Waals surface area contributed by atoms with Gasteiger partial charge in [0.05, 0.1) is 0 Å². The zero-order valence-electron chi connectivity index (χ0n) is 8.30. The molecule has 0 bridgehead atoms. The Bertz CT molecular complexity index is 184. The van der Waals surface area contributed by atoms with Crippen molar-refractivity contribution in [2.24, 2.45) is 17.1 Å². The molecule has 68 valence electrons. The normalized spacial score (nSPS) is 14.5. The van der Waals surface area contributed by atoms with Crippen molar-refractivity contribution in [3.05, 3.63) is 12.3 Å². The van der Waals surface area contributed by atoms with E-state index >= 15 is 0 Å². The van der Waals surface area contributed by atoms with Crippen LogP contribution in [-0.4, -0.2) is 0 Å². The second kappa shape index (κ2) is 4.87. The number of hydrogen-bond donors (Lipinski definition) is 1. The average molecular weight is 165 g/mol. The lowest BCUT2D eigenvalue weighted by atomic mass is 9.78. The quantitative estimate of drug-likeness (QED) is 0.636. The molecule has 0 saturated heterocycles. The largest absolute Gasteiger partial charge is 0.405 e. The molecule has 0 amide bonds. The third kappa shape index (κ3) is 3.48. The van der Waals surface area contributed by atoms with E-state index in [2.05, 4.69) is 26.7 Å². The van der Waals surface area contributed by atoms with Gasteiger partial charge in [0, 0.05) is 6.42 Å². The van der Waals surface area contributed by atoms with Crippen molar-refractivity contribution >= 4 is 0 Å². The summed E-state index contributed by atoms with van der Waals surface area (Å²) in [5.74, 6) is 3.23. The third-order valence-corrected chi connectivity index (χ3v) is 2.52. The van der Waals surface area contributed by atoms with Crippen LogP contribution in [0.1, 0.15) is 33.6 Å². The zero-order chi connectivity index (χ0) is 9.61. The Hall–Kier alpha value is -0.900. The minimum absolute atomic E-state index is 0.158. The standard InChI is InChI=1S/C11H19N/c1-5-6-7-10(2)11(3,4)8-9-12/h1,8-10H,6-7,12H2,2-4H3/b9-8-. The molecule has 1 nitrogen and oxygen atoms in total. The minimum atomic E-state index is 0.158. The van der Waals surface area contributed by atoms with E-state index in [4.69, 9.17) is 12.2 Å². The summed E-state index contributed by atoms with van der Waals surface area (Å²) in [5, 5.41) is 0. The average Bonchev–Trinajstić information content (AvgIpc) is 2.00. The Labute approximate surface area is 76.0 Å². The Kier molecular flexibility index (Phi) is 4.51. The number of rotatable bonds is 4. The summed E-state index contributed by atoms with van der Waals surface area (Å²) in [4.78, 5) is 0. The van der Waals surface area contributed by atoms with Gasteiger partial charge in [-0.15, -0.1) is 12.3 Å². The van der Waals surface area contributed by atoms with E-state index in [1.165, 1.54) is 0 Å². The van der Waals surface area contributed by atoms with Gasteiger partial charge in [-0.25, -0.2) is 0 Å². The monoisotopic (exact) mass is 165 g/mol. The summed E-state index contributed by atoms with van der Waals surface area (Å²) in [6, 6.07) is 0. The molecule has 0 spiro atoms. The van der Waals surface area contributed by atoms with Crippen LogP contribution in [0, 0.1) is 23.7 Å². The lowest BCUT2D eigenvalue weighted by molar-refractivity contribution is 0.292. The second-order valence-electron chi connectivity index (χ2n) is 3.82. The first-order chi connectivity index (χ1) is 5.54. The predicted molar refractivity (Wildman–Crippen MR) is 54.3 cm³/mol. The molecule has 0 aliphatic rings. The molecule has 0 radical (unpaired) electrons. The van der Waals surface area contributed by atoms with Crippen LogP contribution >= 0.6 is 0 Å². The Balaban J connectivity index is 4.07. The van der Waals surface area contributed by atoms with E-state index in [9.17, 15) is 0 Å². The van der Waals surface area contributed by atoms with E-state index in [0.717, 1.165) is 12.8 Å². The van der Waals surface area contributed by atoms with Crippen molar-refractivity contribution in [2.75, 3.05) is 0 Å². The highest BCUT2D eigenvalue weighted by Crippen LogP contribution is 2.30. The van der Waals surface area contributed by atoms with Crippen molar-refractivity contribution in [1.82, 2.24) is 0 Å². The lowest BCUT2D eigenvalue weighted by Gasteiger charge is -2.27. The van der Waals surface area contributed by atoms with Gasteiger partial charge in [0.2, 0.25) is 0 Å². The molecule has 0 fully saturated rings. The van der Waals surface area contributed by atoms with E-state index in [1.807, 2.05) is 6.08 Å². The number of allylic oxidation sites excluding steroid dienone is 1. The fourth-order valence-corrected chi connectivity index (χ4v) is 1.08. The summed E-state index contributed by atoms with van der Waals surface area (Å²) >= 11 is 0. The van der Waals surface area contributed by atoms with Gasteiger partial charge >= 0.3 is 0 Å².